The smallest absolute Gasteiger partial charge is 0.346 e. The number of rotatable bonds is 4. The van der Waals surface area contributed by atoms with Crippen molar-refractivity contribution < 1.29 is 0 Å². The summed E-state index contributed by atoms with van der Waals surface area (Å²) < 4.78 is 2.24. The number of likely N-dealkylation sites (N-methyl/N-ethyl adjacent to an activating group) is 1. The van der Waals surface area contributed by atoms with E-state index in [4.69, 9.17) is 5.73 Å². The lowest BCUT2D eigenvalue weighted by Gasteiger charge is -2.27. The number of nitrogens with two attached hydrogens (primary N) is 1. The first kappa shape index (κ1) is 12.8. The second-order valence-corrected chi connectivity index (χ2v) is 4.85. The first-order valence-electron chi connectivity index (χ1n) is 6.04. The molecule has 0 amide bonds. The second kappa shape index (κ2) is 4.56. The average Bonchev–Trinajstić information content (AvgIpc) is 3.16. The van der Waals surface area contributed by atoms with Crippen LogP contribution in [0.25, 0.3) is 0 Å². The van der Waals surface area contributed by atoms with Crippen molar-refractivity contribution in [1.29, 1.82) is 0 Å². The van der Waals surface area contributed by atoms with E-state index in [0.29, 0.717) is 12.5 Å². The van der Waals surface area contributed by atoms with E-state index in [9.17, 15) is 9.59 Å². The highest BCUT2D eigenvalue weighted by Crippen LogP contribution is 2.35. The molecule has 0 spiro atoms. The number of aryl methyl sites for hydroxylation is 1. The number of aromatic nitrogens is 3. The quantitative estimate of drug-likeness (QED) is 0.717. The van der Waals surface area contributed by atoms with Crippen molar-refractivity contribution in [2.24, 2.45) is 25.7 Å². The van der Waals surface area contributed by atoms with Gasteiger partial charge in [0, 0.05) is 33.7 Å². The lowest BCUT2D eigenvalue weighted by Crippen LogP contribution is -2.47. The van der Waals surface area contributed by atoms with Crippen molar-refractivity contribution in [3.63, 3.8) is 0 Å². The van der Waals surface area contributed by atoms with Crippen LogP contribution < -0.4 is 21.9 Å². The van der Waals surface area contributed by atoms with Gasteiger partial charge in [0.05, 0.1) is 0 Å². The van der Waals surface area contributed by atoms with Crippen LogP contribution in [0.3, 0.4) is 0 Å². The van der Waals surface area contributed by atoms with Crippen LogP contribution in [0.2, 0.25) is 0 Å². The van der Waals surface area contributed by atoms with Crippen molar-refractivity contribution in [3.8, 4) is 0 Å². The van der Waals surface area contributed by atoms with Crippen LogP contribution in [-0.2, 0) is 14.1 Å². The summed E-state index contributed by atoms with van der Waals surface area (Å²) in [7, 11) is 4.80. The van der Waals surface area contributed by atoms with E-state index in [0.717, 1.165) is 17.4 Å². The molecule has 1 aliphatic carbocycles. The van der Waals surface area contributed by atoms with Crippen molar-refractivity contribution in [2.45, 2.75) is 18.9 Å². The van der Waals surface area contributed by atoms with E-state index in [-0.39, 0.29) is 17.4 Å². The van der Waals surface area contributed by atoms with Crippen molar-refractivity contribution in [3.05, 3.63) is 20.8 Å². The van der Waals surface area contributed by atoms with E-state index < -0.39 is 5.69 Å². The zero-order chi connectivity index (χ0) is 13.4. The van der Waals surface area contributed by atoms with Crippen LogP contribution in [0.5, 0.6) is 0 Å². The van der Waals surface area contributed by atoms with Gasteiger partial charge in [-0.1, -0.05) is 0 Å². The largest absolute Gasteiger partial charge is 0.349 e. The molecule has 1 saturated carbocycles. The molecule has 1 atom stereocenters. The third kappa shape index (κ3) is 2.05. The van der Waals surface area contributed by atoms with E-state index >= 15 is 0 Å². The van der Waals surface area contributed by atoms with E-state index in [2.05, 4.69) is 5.10 Å². The van der Waals surface area contributed by atoms with Gasteiger partial charge in [0.15, 0.2) is 0 Å². The number of nitrogens with zero attached hydrogens (tertiary/aromatic N) is 4. The standard InChI is InChI=1S/C11H19N5O2/c1-14(8(6-12)7-4-5-7)9-10(17)15(2)11(18)16(3)13-9/h7-8H,4-6,12H2,1-3H3. The summed E-state index contributed by atoms with van der Waals surface area (Å²) in [4.78, 5) is 25.4. The Morgan fingerprint density at radius 3 is 2.56 bits per heavy atom. The fourth-order valence-corrected chi connectivity index (χ4v) is 2.21. The van der Waals surface area contributed by atoms with E-state index in [1.165, 1.54) is 18.8 Å². The summed E-state index contributed by atoms with van der Waals surface area (Å²) in [6.07, 6.45) is 2.27. The van der Waals surface area contributed by atoms with Gasteiger partial charge in [0.25, 0.3) is 5.56 Å². The summed E-state index contributed by atoms with van der Waals surface area (Å²) in [6, 6.07) is 0.114. The molecule has 1 unspecified atom stereocenters. The molecule has 7 nitrogen and oxygen atoms in total. The fraction of sp³-hybridized carbons (Fsp3) is 0.727. The van der Waals surface area contributed by atoms with Gasteiger partial charge in [0.2, 0.25) is 5.82 Å². The fourth-order valence-electron chi connectivity index (χ4n) is 2.21. The molecule has 1 aromatic rings. The SMILES string of the molecule is CN(c1nn(C)c(=O)n(C)c1=O)C(CN)C1CC1. The first-order valence-corrected chi connectivity index (χ1v) is 6.04. The van der Waals surface area contributed by atoms with Crippen molar-refractivity contribution in [2.75, 3.05) is 18.5 Å². The van der Waals surface area contributed by atoms with Crippen LogP contribution in [0.1, 0.15) is 12.8 Å². The van der Waals surface area contributed by atoms with Gasteiger partial charge in [0.1, 0.15) is 0 Å². The number of anilines is 1. The van der Waals surface area contributed by atoms with Crippen molar-refractivity contribution in [1.82, 2.24) is 14.3 Å². The molecule has 0 aromatic carbocycles. The Morgan fingerprint density at radius 2 is 2.06 bits per heavy atom. The Bertz CT molecular complexity index is 558. The maximum Gasteiger partial charge on any atom is 0.346 e. The number of hydrogen-bond donors (Lipinski definition) is 1. The molecular formula is C11H19N5O2. The zero-order valence-electron chi connectivity index (χ0n) is 11.0. The maximum atomic E-state index is 12.1. The van der Waals surface area contributed by atoms with Crippen molar-refractivity contribution >= 4 is 5.82 Å². The Morgan fingerprint density at radius 1 is 1.44 bits per heavy atom. The van der Waals surface area contributed by atoms with Gasteiger partial charge in [-0.25, -0.2) is 9.48 Å². The highest BCUT2D eigenvalue weighted by molar-refractivity contribution is 5.36. The molecule has 1 aromatic heterocycles. The molecular weight excluding hydrogens is 234 g/mol. The minimum atomic E-state index is -0.423. The maximum absolute atomic E-state index is 12.1. The topological polar surface area (TPSA) is 86.2 Å². The third-order valence-corrected chi connectivity index (χ3v) is 3.54. The van der Waals surface area contributed by atoms with Crippen LogP contribution in [0.4, 0.5) is 5.82 Å². The molecule has 1 heterocycles. The average molecular weight is 253 g/mol. The molecule has 1 fully saturated rings. The minimum absolute atomic E-state index is 0.114. The molecule has 0 bridgehead atoms. The Labute approximate surface area is 105 Å². The van der Waals surface area contributed by atoms with Crippen LogP contribution in [0.15, 0.2) is 9.59 Å². The predicted molar refractivity (Wildman–Crippen MR) is 68.7 cm³/mol. The molecule has 18 heavy (non-hydrogen) atoms. The lowest BCUT2D eigenvalue weighted by molar-refractivity contribution is 0.535. The Hall–Kier alpha value is -1.63. The van der Waals surface area contributed by atoms with Gasteiger partial charge in [-0.15, -0.1) is 5.10 Å². The Kier molecular flexibility index (Phi) is 3.25. The van der Waals surface area contributed by atoms with E-state index in [1.807, 2.05) is 7.05 Å². The monoisotopic (exact) mass is 253 g/mol. The highest BCUT2D eigenvalue weighted by Gasteiger charge is 2.34. The predicted octanol–water partition coefficient (Wildman–Crippen LogP) is -1.35. The summed E-state index contributed by atoms with van der Waals surface area (Å²) in [5, 5.41) is 4.05. The third-order valence-electron chi connectivity index (χ3n) is 3.54. The molecule has 0 saturated heterocycles. The Balaban J connectivity index is 2.44. The zero-order valence-corrected chi connectivity index (χ0v) is 11.0. The van der Waals surface area contributed by atoms with Gasteiger partial charge < -0.3 is 10.6 Å². The highest BCUT2D eigenvalue weighted by atomic mass is 16.2. The second-order valence-electron chi connectivity index (χ2n) is 4.85. The molecule has 2 rings (SSSR count). The molecule has 100 valence electrons. The molecule has 7 heteroatoms. The summed E-state index contributed by atoms with van der Waals surface area (Å²) in [5.74, 6) is 0.811. The molecule has 0 radical (unpaired) electrons. The summed E-state index contributed by atoms with van der Waals surface area (Å²) in [6.45, 7) is 0.481. The molecule has 1 aliphatic rings. The van der Waals surface area contributed by atoms with Gasteiger partial charge in [-0.05, 0) is 18.8 Å². The van der Waals surface area contributed by atoms with Gasteiger partial charge in [-0.2, -0.15) is 0 Å². The van der Waals surface area contributed by atoms with E-state index in [1.54, 1.807) is 4.90 Å². The first-order chi connectivity index (χ1) is 8.47. The summed E-state index contributed by atoms with van der Waals surface area (Å²) >= 11 is 0. The minimum Gasteiger partial charge on any atom is -0.349 e. The van der Waals surface area contributed by atoms with Crippen LogP contribution in [-0.4, -0.2) is 34.0 Å². The van der Waals surface area contributed by atoms with Crippen LogP contribution in [0, 0.1) is 5.92 Å². The summed E-state index contributed by atoms with van der Waals surface area (Å²) in [5.41, 5.74) is 4.96. The lowest BCUT2D eigenvalue weighted by atomic mass is 10.1. The number of hydrogen-bond acceptors (Lipinski definition) is 5. The van der Waals surface area contributed by atoms with Crippen LogP contribution >= 0.6 is 0 Å². The molecule has 2 N–H and O–H groups in total. The molecule has 0 aliphatic heterocycles. The normalized spacial score (nSPS) is 16.7. The van der Waals surface area contributed by atoms with Gasteiger partial charge in [-0.3, -0.25) is 9.36 Å². The van der Waals surface area contributed by atoms with Gasteiger partial charge >= 0.3 is 5.69 Å².